The van der Waals surface area contributed by atoms with Gasteiger partial charge in [0.15, 0.2) is 0 Å². The molecule has 0 aromatic rings. The third-order valence-corrected chi connectivity index (χ3v) is 2.47. The summed E-state index contributed by atoms with van der Waals surface area (Å²) >= 11 is 0. The predicted molar refractivity (Wildman–Crippen MR) is 53.5 cm³/mol. The minimum absolute atomic E-state index is 0.0763. The van der Waals surface area contributed by atoms with Gasteiger partial charge in [-0.3, -0.25) is 4.79 Å². The van der Waals surface area contributed by atoms with Gasteiger partial charge in [0.1, 0.15) is 0 Å². The van der Waals surface area contributed by atoms with E-state index in [0.717, 1.165) is 12.8 Å². The van der Waals surface area contributed by atoms with Gasteiger partial charge < -0.3 is 10.6 Å². The highest BCUT2D eigenvalue weighted by Crippen LogP contribution is 2.30. The molecular weight excluding hydrogens is 164 g/mol. The van der Waals surface area contributed by atoms with Gasteiger partial charge in [0.25, 0.3) is 0 Å². The predicted octanol–water partition coefficient (Wildman–Crippen LogP) is 0.821. The average Bonchev–Trinajstić information content (AvgIpc) is 2.02. The third-order valence-electron chi connectivity index (χ3n) is 2.47. The average molecular weight is 182 g/mol. The largest absolute Gasteiger partial charge is 0.350 e. The molecule has 0 bridgehead atoms. The van der Waals surface area contributed by atoms with Crippen LogP contribution in [0.25, 0.3) is 0 Å². The van der Waals surface area contributed by atoms with Crippen LogP contribution < -0.4 is 10.6 Å². The number of hydrogen-bond acceptors (Lipinski definition) is 2. The molecule has 0 heterocycles. The van der Waals surface area contributed by atoms with Crippen molar-refractivity contribution in [2.45, 2.75) is 31.7 Å². The molecule has 0 spiro atoms. The molecule has 74 valence electrons. The summed E-state index contributed by atoms with van der Waals surface area (Å²) < 4.78 is 0. The summed E-state index contributed by atoms with van der Waals surface area (Å²) in [6.45, 7) is 6.74. The first-order chi connectivity index (χ1) is 6.16. The summed E-state index contributed by atoms with van der Waals surface area (Å²) in [6, 6.07) is 0. The zero-order valence-corrected chi connectivity index (χ0v) is 8.23. The van der Waals surface area contributed by atoms with Gasteiger partial charge in [-0.2, -0.15) is 0 Å². The molecule has 0 aromatic carbocycles. The van der Waals surface area contributed by atoms with Gasteiger partial charge in [0, 0.05) is 12.1 Å². The first-order valence-corrected chi connectivity index (χ1v) is 4.79. The maximum absolute atomic E-state index is 11.3. The zero-order valence-electron chi connectivity index (χ0n) is 8.23. The van der Waals surface area contributed by atoms with E-state index in [9.17, 15) is 4.79 Å². The molecule has 1 amide bonds. The standard InChI is InChI=1S/C10H18N2O/c1-3-7-11-8-9(13)12-10(2)5-4-6-10/h3,11H,1,4-8H2,2H3,(H,12,13). The normalized spacial score (nSPS) is 18.8. The van der Waals surface area contributed by atoms with Crippen molar-refractivity contribution in [3.63, 3.8) is 0 Å². The van der Waals surface area contributed by atoms with Gasteiger partial charge in [-0.15, -0.1) is 6.58 Å². The molecule has 0 atom stereocenters. The second kappa shape index (κ2) is 4.42. The molecule has 1 aliphatic rings. The Balaban J connectivity index is 2.13. The SMILES string of the molecule is C=CCNCC(=O)NC1(C)CCC1. The fraction of sp³-hybridized carbons (Fsp3) is 0.700. The highest BCUT2D eigenvalue weighted by Gasteiger charge is 2.32. The van der Waals surface area contributed by atoms with Gasteiger partial charge >= 0.3 is 0 Å². The van der Waals surface area contributed by atoms with Gasteiger partial charge in [0.2, 0.25) is 5.91 Å². The molecule has 1 fully saturated rings. The van der Waals surface area contributed by atoms with Crippen LogP contribution in [0.4, 0.5) is 0 Å². The molecule has 0 aliphatic heterocycles. The van der Waals surface area contributed by atoms with Crippen LogP contribution in [0, 0.1) is 0 Å². The third kappa shape index (κ3) is 3.19. The maximum atomic E-state index is 11.3. The van der Waals surface area contributed by atoms with Crippen LogP contribution in [-0.4, -0.2) is 24.5 Å². The molecule has 1 aliphatic carbocycles. The smallest absolute Gasteiger partial charge is 0.234 e. The van der Waals surface area contributed by atoms with E-state index in [-0.39, 0.29) is 11.4 Å². The van der Waals surface area contributed by atoms with Crippen LogP contribution >= 0.6 is 0 Å². The van der Waals surface area contributed by atoms with Crippen molar-refractivity contribution in [2.75, 3.05) is 13.1 Å². The lowest BCUT2D eigenvalue weighted by atomic mass is 9.78. The Bertz CT molecular complexity index is 197. The number of hydrogen-bond donors (Lipinski definition) is 2. The van der Waals surface area contributed by atoms with Crippen LogP contribution in [0.3, 0.4) is 0 Å². The molecule has 0 saturated heterocycles. The highest BCUT2D eigenvalue weighted by atomic mass is 16.2. The second-order valence-corrected chi connectivity index (χ2v) is 3.88. The van der Waals surface area contributed by atoms with Crippen molar-refractivity contribution in [1.29, 1.82) is 0 Å². The first-order valence-electron chi connectivity index (χ1n) is 4.79. The molecule has 3 heteroatoms. The van der Waals surface area contributed by atoms with Crippen LogP contribution in [0.1, 0.15) is 26.2 Å². The van der Waals surface area contributed by atoms with E-state index in [2.05, 4.69) is 24.1 Å². The maximum Gasteiger partial charge on any atom is 0.234 e. The Morgan fingerprint density at radius 2 is 2.31 bits per heavy atom. The quantitative estimate of drug-likeness (QED) is 0.488. The van der Waals surface area contributed by atoms with E-state index < -0.39 is 0 Å². The lowest BCUT2D eigenvalue weighted by molar-refractivity contribution is -0.122. The molecular formula is C10H18N2O. The lowest BCUT2D eigenvalue weighted by Gasteiger charge is -2.39. The molecule has 1 rings (SSSR count). The Morgan fingerprint density at radius 1 is 1.62 bits per heavy atom. The van der Waals surface area contributed by atoms with Crippen LogP contribution in [0.5, 0.6) is 0 Å². The molecule has 2 N–H and O–H groups in total. The molecule has 3 nitrogen and oxygen atoms in total. The van der Waals surface area contributed by atoms with Crippen molar-refractivity contribution < 1.29 is 4.79 Å². The van der Waals surface area contributed by atoms with Crippen molar-refractivity contribution >= 4 is 5.91 Å². The Kier molecular flexibility index (Phi) is 3.48. The molecule has 0 aromatic heterocycles. The van der Waals surface area contributed by atoms with Crippen molar-refractivity contribution in [1.82, 2.24) is 10.6 Å². The minimum Gasteiger partial charge on any atom is -0.350 e. The first kappa shape index (κ1) is 10.3. The van der Waals surface area contributed by atoms with Gasteiger partial charge in [0.05, 0.1) is 6.54 Å². The monoisotopic (exact) mass is 182 g/mol. The summed E-state index contributed by atoms with van der Waals surface area (Å²) in [5.74, 6) is 0.0871. The van der Waals surface area contributed by atoms with Crippen molar-refractivity contribution in [2.24, 2.45) is 0 Å². The highest BCUT2D eigenvalue weighted by molar-refractivity contribution is 5.78. The number of nitrogens with one attached hydrogen (secondary N) is 2. The second-order valence-electron chi connectivity index (χ2n) is 3.88. The summed E-state index contributed by atoms with van der Waals surface area (Å²) in [7, 11) is 0. The topological polar surface area (TPSA) is 41.1 Å². The lowest BCUT2D eigenvalue weighted by Crippen LogP contribution is -2.53. The Morgan fingerprint density at radius 3 is 2.77 bits per heavy atom. The van der Waals surface area contributed by atoms with Crippen molar-refractivity contribution in [3.8, 4) is 0 Å². The van der Waals surface area contributed by atoms with Gasteiger partial charge in [-0.1, -0.05) is 6.08 Å². The summed E-state index contributed by atoms with van der Waals surface area (Å²) in [6.07, 6.45) is 5.20. The number of amides is 1. The molecule has 13 heavy (non-hydrogen) atoms. The fourth-order valence-electron chi connectivity index (χ4n) is 1.50. The minimum atomic E-state index is 0.0763. The fourth-order valence-corrected chi connectivity index (χ4v) is 1.50. The summed E-state index contributed by atoms with van der Waals surface area (Å²) in [4.78, 5) is 11.3. The number of carbonyl (C=O) groups is 1. The summed E-state index contributed by atoms with van der Waals surface area (Å²) in [5, 5.41) is 5.99. The van der Waals surface area contributed by atoms with Crippen molar-refractivity contribution in [3.05, 3.63) is 12.7 Å². The molecule has 0 radical (unpaired) electrons. The zero-order chi connectivity index (χ0) is 9.73. The van der Waals surface area contributed by atoms with Crippen LogP contribution in [0.15, 0.2) is 12.7 Å². The van der Waals surface area contributed by atoms with E-state index in [1.165, 1.54) is 6.42 Å². The Hall–Kier alpha value is -0.830. The van der Waals surface area contributed by atoms with Gasteiger partial charge in [-0.25, -0.2) is 0 Å². The molecule has 1 saturated carbocycles. The molecule has 0 unspecified atom stereocenters. The van der Waals surface area contributed by atoms with E-state index in [1.54, 1.807) is 6.08 Å². The van der Waals surface area contributed by atoms with Gasteiger partial charge in [-0.05, 0) is 26.2 Å². The van der Waals surface area contributed by atoms with Crippen LogP contribution in [0.2, 0.25) is 0 Å². The summed E-state index contributed by atoms with van der Waals surface area (Å²) in [5.41, 5.74) is 0.0763. The number of rotatable bonds is 5. The number of carbonyl (C=O) groups excluding carboxylic acids is 1. The van der Waals surface area contributed by atoms with Crippen LogP contribution in [-0.2, 0) is 4.79 Å². The van der Waals surface area contributed by atoms with E-state index in [0.29, 0.717) is 13.1 Å². The Labute approximate surface area is 79.6 Å². The van der Waals surface area contributed by atoms with E-state index in [4.69, 9.17) is 0 Å². The van der Waals surface area contributed by atoms with E-state index >= 15 is 0 Å². The van der Waals surface area contributed by atoms with E-state index in [1.807, 2.05) is 0 Å².